The number of thiophene rings is 1. The lowest BCUT2D eigenvalue weighted by molar-refractivity contribution is 0.0680. The lowest BCUT2D eigenvalue weighted by Gasteiger charge is -2.24. The summed E-state index contributed by atoms with van der Waals surface area (Å²) >= 11 is 5.26. The molecule has 1 N–H and O–H groups in total. The van der Waals surface area contributed by atoms with Crippen molar-refractivity contribution in [2.24, 2.45) is 0 Å². The maximum Gasteiger partial charge on any atom is 0.0725 e. The molecule has 0 aliphatic heterocycles. The van der Waals surface area contributed by atoms with Gasteiger partial charge in [-0.1, -0.05) is 6.92 Å². The molecule has 0 radical (unpaired) electrons. The molecule has 0 bridgehead atoms. The fraction of sp³-hybridized carbons (Fsp3) is 0.636. The molecule has 0 aromatic carbocycles. The lowest BCUT2D eigenvalue weighted by atomic mass is 10.0. The molecule has 1 rings (SSSR count). The fourth-order valence-electron chi connectivity index (χ4n) is 1.71. The fourth-order valence-corrected chi connectivity index (χ4v) is 3.22. The Morgan fingerprint density at radius 1 is 1.60 bits per heavy atom. The van der Waals surface area contributed by atoms with E-state index in [9.17, 15) is 0 Å². The van der Waals surface area contributed by atoms with Gasteiger partial charge in [-0.05, 0) is 41.9 Å². The normalized spacial score (nSPS) is 15.2. The molecule has 2 nitrogen and oxygen atoms in total. The van der Waals surface area contributed by atoms with Crippen LogP contribution in [-0.4, -0.2) is 26.3 Å². The summed E-state index contributed by atoms with van der Waals surface area (Å²) in [5.74, 6) is 0. The van der Waals surface area contributed by atoms with Gasteiger partial charge < -0.3 is 10.1 Å². The molecular formula is C11H18BrNOS. The second-order valence-electron chi connectivity index (χ2n) is 3.51. The standard InChI is InChI=1S/C11H18BrNOS/c1-4-11(14-3)10(13-2)6-9-5-8(12)7-15-9/h5,7,10-11,13H,4,6H2,1-3H3. The van der Waals surface area contributed by atoms with E-state index < -0.39 is 0 Å². The Morgan fingerprint density at radius 3 is 2.73 bits per heavy atom. The summed E-state index contributed by atoms with van der Waals surface area (Å²) in [5.41, 5.74) is 0. The average Bonchev–Trinajstić information content (AvgIpc) is 2.64. The van der Waals surface area contributed by atoms with Gasteiger partial charge in [-0.3, -0.25) is 0 Å². The third-order valence-corrected chi connectivity index (χ3v) is 4.29. The van der Waals surface area contributed by atoms with Crippen molar-refractivity contribution in [3.63, 3.8) is 0 Å². The first-order valence-corrected chi connectivity index (χ1v) is 6.81. The highest BCUT2D eigenvalue weighted by molar-refractivity contribution is 9.10. The Morgan fingerprint density at radius 2 is 2.33 bits per heavy atom. The number of nitrogens with one attached hydrogen (secondary N) is 1. The maximum atomic E-state index is 5.46. The molecule has 0 saturated heterocycles. The Labute approximate surface area is 104 Å². The van der Waals surface area contributed by atoms with Crippen molar-refractivity contribution in [2.45, 2.75) is 31.9 Å². The van der Waals surface area contributed by atoms with Crippen LogP contribution in [0.3, 0.4) is 0 Å². The van der Waals surface area contributed by atoms with E-state index in [4.69, 9.17) is 4.74 Å². The molecule has 0 saturated carbocycles. The molecule has 0 fully saturated rings. The highest BCUT2D eigenvalue weighted by atomic mass is 79.9. The second-order valence-corrected chi connectivity index (χ2v) is 5.42. The summed E-state index contributed by atoms with van der Waals surface area (Å²) < 4.78 is 6.63. The van der Waals surface area contributed by atoms with E-state index in [1.54, 1.807) is 18.4 Å². The SMILES string of the molecule is CCC(OC)C(Cc1cc(Br)cs1)NC. The van der Waals surface area contributed by atoms with E-state index in [1.807, 2.05) is 7.05 Å². The van der Waals surface area contributed by atoms with E-state index in [2.05, 4.69) is 39.6 Å². The minimum atomic E-state index is 0.288. The van der Waals surface area contributed by atoms with E-state index in [1.165, 1.54) is 9.35 Å². The number of hydrogen-bond donors (Lipinski definition) is 1. The summed E-state index contributed by atoms with van der Waals surface area (Å²) in [4.78, 5) is 1.39. The van der Waals surface area contributed by atoms with Crippen LogP contribution in [0, 0.1) is 0 Å². The van der Waals surface area contributed by atoms with Crippen molar-refractivity contribution in [2.75, 3.05) is 14.2 Å². The molecule has 0 amide bonds. The monoisotopic (exact) mass is 291 g/mol. The summed E-state index contributed by atoms with van der Waals surface area (Å²) in [7, 11) is 3.78. The van der Waals surface area contributed by atoms with Crippen LogP contribution in [0.5, 0.6) is 0 Å². The maximum absolute atomic E-state index is 5.46. The van der Waals surface area contributed by atoms with Gasteiger partial charge in [0.2, 0.25) is 0 Å². The van der Waals surface area contributed by atoms with Crippen LogP contribution >= 0.6 is 27.3 Å². The molecule has 86 valence electrons. The zero-order valence-electron chi connectivity index (χ0n) is 9.42. The predicted octanol–water partition coefficient (Wildman–Crippen LogP) is 3.07. The molecule has 2 atom stereocenters. The molecular weight excluding hydrogens is 274 g/mol. The van der Waals surface area contributed by atoms with Gasteiger partial charge >= 0.3 is 0 Å². The van der Waals surface area contributed by atoms with Crippen molar-refractivity contribution in [3.05, 3.63) is 20.8 Å². The van der Waals surface area contributed by atoms with E-state index in [0.717, 1.165) is 12.8 Å². The number of ether oxygens (including phenoxy) is 1. The zero-order chi connectivity index (χ0) is 11.3. The van der Waals surface area contributed by atoms with Crippen LogP contribution in [0.2, 0.25) is 0 Å². The van der Waals surface area contributed by atoms with Crippen LogP contribution < -0.4 is 5.32 Å². The minimum Gasteiger partial charge on any atom is -0.380 e. The smallest absolute Gasteiger partial charge is 0.0725 e. The molecule has 15 heavy (non-hydrogen) atoms. The lowest BCUT2D eigenvalue weighted by Crippen LogP contribution is -2.40. The Kier molecular flexibility index (Phi) is 5.82. The van der Waals surface area contributed by atoms with Gasteiger partial charge in [-0.25, -0.2) is 0 Å². The van der Waals surface area contributed by atoms with Crippen LogP contribution in [-0.2, 0) is 11.2 Å². The van der Waals surface area contributed by atoms with Gasteiger partial charge in [0.05, 0.1) is 6.10 Å². The number of likely N-dealkylation sites (N-methyl/N-ethyl adjacent to an activating group) is 1. The third kappa shape index (κ3) is 3.87. The average molecular weight is 292 g/mol. The van der Waals surface area contributed by atoms with Crippen LogP contribution in [0.1, 0.15) is 18.2 Å². The molecule has 4 heteroatoms. The minimum absolute atomic E-state index is 0.288. The van der Waals surface area contributed by atoms with Gasteiger partial charge in [0.1, 0.15) is 0 Å². The Bertz CT molecular complexity index is 286. The van der Waals surface area contributed by atoms with E-state index in [-0.39, 0.29) is 6.10 Å². The Balaban J connectivity index is 2.60. The highest BCUT2D eigenvalue weighted by Gasteiger charge is 2.18. The van der Waals surface area contributed by atoms with Gasteiger partial charge in [0.15, 0.2) is 0 Å². The number of methoxy groups -OCH3 is 1. The second kappa shape index (κ2) is 6.63. The van der Waals surface area contributed by atoms with Crippen LogP contribution in [0.4, 0.5) is 0 Å². The van der Waals surface area contributed by atoms with Crippen molar-refractivity contribution in [1.82, 2.24) is 5.32 Å². The van der Waals surface area contributed by atoms with E-state index >= 15 is 0 Å². The Hall–Kier alpha value is 0.1000. The third-order valence-electron chi connectivity index (χ3n) is 2.57. The van der Waals surface area contributed by atoms with Crippen molar-refractivity contribution in [3.8, 4) is 0 Å². The van der Waals surface area contributed by atoms with Gasteiger partial charge in [-0.15, -0.1) is 11.3 Å². The summed E-state index contributed by atoms with van der Waals surface area (Å²) in [6.45, 7) is 2.16. The number of rotatable bonds is 6. The molecule has 0 aliphatic rings. The molecule has 2 unspecified atom stereocenters. The van der Waals surface area contributed by atoms with Crippen molar-refractivity contribution >= 4 is 27.3 Å². The van der Waals surface area contributed by atoms with Gasteiger partial charge in [0, 0.05) is 27.9 Å². The highest BCUT2D eigenvalue weighted by Crippen LogP contribution is 2.22. The zero-order valence-corrected chi connectivity index (χ0v) is 11.8. The van der Waals surface area contributed by atoms with Crippen LogP contribution in [0.25, 0.3) is 0 Å². The van der Waals surface area contributed by atoms with Crippen molar-refractivity contribution in [1.29, 1.82) is 0 Å². The predicted molar refractivity (Wildman–Crippen MR) is 69.7 cm³/mol. The van der Waals surface area contributed by atoms with Gasteiger partial charge in [0.25, 0.3) is 0 Å². The van der Waals surface area contributed by atoms with Gasteiger partial charge in [-0.2, -0.15) is 0 Å². The molecule has 1 aromatic heterocycles. The molecule has 0 aliphatic carbocycles. The topological polar surface area (TPSA) is 21.3 Å². The summed E-state index contributed by atoms with van der Waals surface area (Å²) in [6, 6.07) is 2.57. The molecule has 1 heterocycles. The molecule has 1 aromatic rings. The summed E-state index contributed by atoms with van der Waals surface area (Å²) in [5, 5.41) is 5.45. The first-order chi connectivity index (χ1) is 7.21. The first-order valence-electron chi connectivity index (χ1n) is 5.14. The number of halogens is 1. The molecule has 0 spiro atoms. The number of hydrogen-bond acceptors (Lipinski definition) is 3. The summed E-state index contributed by atoms with van der Waals surface area (Å²) in [6.07, 6.45) is 2.35. The first kappa shape index (κ1) is 13.2. The van der Waals surface area contributed by atoms with Crippen LogP contribution in [0.15, 0.2) is 15.9 Å². The van der Waals surface area contributed by atoms with Crippen molar-refractivity contribution < 1.29 is 4.74 Å². The quantitative estimate of drug-likeness (QED) is 0.870. The van der Waals surface area contributed by atoms with E-state index in [0.29, 0.717) is 6.04 Å². The largest absolute Gasteiger partial charge is 0.380 e.